The molecule has 8 nitrogen and oxygen atoms in total. The molecule has 0 atom stereocenters. The van der Waals surface area contributed by atoms with Crippen LogP contribution >= 0.6 is 11.6 Å². The van der Waals surface area contributed by atoms with E-state index in [1.807, 2.05) is 36.4 Å². The lowest BCUT2D eigenvalue weighted by Gasteiger charge is -2.25. The van der Waals surface area contributed by atoms with E-state index in [2.05, 4.69) is 20.5 Å². The predicted octanol–water partition coefficient (Wildman–Crippen LogP) is 2.34. The molecule has 0 aliphatic carbocycles. The van der Waals surface area contributed by atoms with Crippen LogP contribution in [0.15, 0.2) is 47.0 Å². The summed E-state index contributed by atoms with van der Waals surface area (Å²) in [6.45, 7) is 4.38. The van der Waals surface area contributed by atoms with Crippen LogP contribution in [-0.4, -0.2) is 52.1 Å². The molecule has 1 N–H and O–H groups in total. The minimum atomic E-state index is -0.155. The summed E-state index contributed by atoms with van der Waals surface area (Å²) in [5.41, 5.74) is 1.78. The maximum Gasteiger partial charge on any atom is 0.242 e. The van der Waals surface area contributed by atoms with E-state index >= 15 is 0 Å². The number of carbonyl (C=O) groups excluding carboxylic acids is 1. The summed E-state index contributed by atoms with van der Waals surface area (Å²) in [6.07, 6.45) is 1.81. The highest BCUT2D eigenvalue weighted by molar-refractivity contribution is 6.30. The fourth-order valence-corrected chi connectivity index (χ4v) is 3.23. The van der Waals surface area contributed by atoms with Gasteiger partial charge >= 0.3 is 0 Å². The van der Waals surface area contributed by atoms with Crippen LogP contribution in [0.3, 0.4) is 0 Å². The maximum atomic E-state index is 12.2. The second-order valence-electron chi connectivity index (χ2n) is 6.85. The number of nitrogens with one attached hydrogen (secondary N) is 1. The number of halogens is 1. The van der Waals surface area contributed by atoms with Crippen molar-refractivity contribution in [1.82, 2.24) is 25.2 Å². The number of morpholine rings is 1. The summed E-state index contributed by atoms with van der Waals surface area (Å²) < 4.78 is 12.7. The molecule has 1 saturated heterocycles. The lowest BCUT2D eigenvalue weighted by Crippen LogP contribution is -2.35. The van der Waals surface area contributed by atoms with Crippen LogP contribution < -0.4 is 5.32 Å². The zero-order valence-corrected chi connectivity index (χ0v) is 16.6. The summed E-state index contributed by atoms with van der Waals surface area (Å²) in [4.78, 5) is 14.5. The summed E-state index contributed by atoms with van der Waals surface area (Å²) in [6, 6.07) is 11.1. The molecule has 1 amide bonds. The number of carbonyl (C=O) groups is 1. The molecule has 3 aromatic rings. The third-order valence-corrected chi connectivity index (χ3v) is 4.88. The van der Waals surface area contributed by atoms with Gasteiger partial charge in [-0.05, 0) is 36.4 Å². The van der Waals surface area contributed by atoms with E-state index in [1.54, 1.807) is 10.9 Å². The number of ether oxygens (including phenoxy) is 1. The number of aromatic nitrogens is 3. The molecule has 1 aromatic carbocycles. The third-order valence-electron chi connectivity index (χ3n) is 4.63. The normalized spacial score (nSPS) is 14.8. The van der Waals surface area contributed by atoms with Crippen LogP contribution in [0, 0.1) is 0 Å². The minimum absolute atomic E-state index is 0.112. The highest BCUT2D eigenvalue weighted by Gasteiger charge is 2.13. The van der Waals surface area contributed by atoms with Gasteiger partial charge in [0, 0.05) is 30.2 Å². The van der Waals surface area contributed by atoms with Crippen molar-refractivity contribution < 1.29 is 13.9 Å². The second-order valence-corrected chi connectivity index (χ2v) is 7.28. The molecular formula is C20H22ClN5O3. The summed E-state index contributed by atoms with van der Waals surface area (Å²) in [5, 5.41) is 11.7. The van der Waals surface area contributed by atoms with E-state index in [-0.39, 0.29) is 12.5 Å². The molecule has 0 unspecified atom stereocenters. The highest BCUT2D eigenvalue weighted by atomic mass is 35.5. The first-order valence-electron chi connectivity index (χ1n) is 9.46. The maximum absolute atomic E-state index is 12.2. The first-order valence-corrected chi connectivity index (χ1v) is 9.84. The smallest absolute Gasteiger partial charge is 0.242 e. The number of hydrogen-bond donors (Lipinski definition) is 1. The van der Waals surface area contributed by atoms with Gasteiger partial charge in [-0.2, -0.15) is 0 Å². The van der Waals surface area contributed by atoms with E-state index in [9.17, 15) is 4.79 Å². The monoisotopic (exact) mass is 415 g/mol. The zero-order chi connectivity index (χ0) is 20.1. The van der Waals surface area contributed by atoms with Crippen molar-refractivity contribution in [2.75, 3.05) is 26.3 Å². The van der Waals surface area contributed by atoms with Crippen molar-refractivity contribution in [1.29, 1.82) is 0 Å². The highest BCUT2D eigenvalue weighted by Crippen LogP contribution is 2.23. The Hall–Kier alpha value is -2.68. The molecule has 0 radical (unpaired) electrons. The van der Waals surface area contributed by atoms with Gasteiger partial charge in [0.25, 0.3) is 0 Å². The summed E-state index contributed by atoms with van der Waals surface area (Å²) in [5.74, 6) is 1.25. The molecule has 1 aliphatic heterocycles. The average molecular weight is 416 g/mol. The topological polar surface area (TPSA) is 85.4 Å². The number of hydrogen-bond acceptors (Lipinski definition) is 6. The first-order chi connectivity index (χ1) is 14.2. The summed E-state index contributed by atoms with van der Waals surface area (Å²) in [7, 11) is 0. The Kier molecular flexibility index (Phi) is 6.24. The van der Waals surface area contributed by atoms with E-state index in [0.717, 1.165) is 43.3 Å². The van der Waals surface area contributed by atoms with Gasteiger partial charge in [-0.1, -0.05) is 16.8 Å². The van der Waals surface area contributed by atoms with Crippen molar-refractivity contribution in [2.45, 2.75) is 19.6 Å². The minimum Gasteiger partial charge on any atom is -0.459 e. The van der Waals surface area contributed by atoms with Gasteiger partial charge < -0.3 is 14.5 Å². The molecule has 9 heteroatoms. The zero-order valence-electron chi connectivity index (χ0n) is 15.9. The van der Waals surface area contributed by atoms with Crippen molar-refractivity contribution in [3.05, 3.63) is 59.1 Å². The lowest BCUT2D eigenvalue weighted by atomic mass is 10.2. The SMILES string of the molecule is O=C(Cn1cc(CN2CCOCC2)nn1)NCc1ccc(-c2ccc(Cl)cc2)o1. The first kappa shape index (κ1) is 19.6. The molecule has 0 spiro atoms. The number of rotatable bonds is 7. The molecule has 0 bridgehead atoms. The van der Waals surface area contributed by atoms with Crippen molar-refractivity contribution in [3.63, 3.8) is 0 Å². The van der Waals surface area contributed by atoms with Gasteiger partial charge in [0.15, 0.2) is 0 Å². The van der Waals surface area contributed by atoms with Gasteiger partial charge in [0.2, 0.25) is 5.91 Å². The summed E-state index contributed by atoms with van der Waals surface area (Å²) >= 11 is 5.91. The molecule has 4 rings (SSSR count). The average Bonchev–Trinajstić information content (AvgIpc) is 3.37. The van der Waals surface area contributed by atoms with E-state index in [4.69, 9.17) is 20.8 Å². The number of nitrogens with zero attached hydrogens (tertiary/aromatic N) is 4. The largest absolute Gasteiger partial charge is 0.459 e. The van der Waals surface area contributed by atoms with Crippen molar-refractivity contribution >= 4 is 17.5 Å². The predicted molar refractivity (Wildman–Crippen MR) is 107 cm³/mol. The van der Waals surface area contributed by atoms with Crippen LogP contribution in [0.4, 0.5) is 0 Å². The molecule has 29 heavy (non-hydrogen) atoms. The van der Waals surface area contributed by atoms with Crippen LogP contribution in [0.25, 0.3) is 11.3 Å². The third kappa shape index (κ3) is 5.44. The van der Waals surface area contributed by atoms with E-state index in [1.165, 1.54) is 0 Å². The van der Waals surface area contributed by atoms with Gasteiger partial charge in [-0.3, -0.25) is 9.69 Å². The number of amides is 1. The molecule has 152 valence electrons. The van der Waals surface area contributed by atoms with Crippen LogP contribution in [0.2, 0.25) is 5.02 Å². The Bertz CT molecular complexity index is 947. The van der Waals surface area contributed by atoms with Gasteiger partial charge in [0.1, 0.15) is 18.1 Å². The lowest BCUT2D eigenvalue weighted by molar-refractivity contribution is -0.122. The second kappa shape index (κ2) is 9.21. The quantitative estimate of drug-likeness (QED) is 0.637. The Balaban J connectivity index is 1.25. The van der Waals surface area contributed by atoms with Gasteiger partial charge in [0.05, 0.1) is 31.6 Å². The fraction of sp³-hybridized carbons (Fsp3) is 0.350. The van der Waals surface area contributed by atoms with Crippen LogP contribution in [0.1, 0.15) is 11.5 Å². The fourth-order valence-electron chi connectivity index (χ4n) is 3.11. The van der Waals surface area contributed by atoms with Gasteiger partial charge in [-0.25, -0.2) is 4.68 Å². The molecule has 1 aliphatic rings. The van der Waals surface area contributed by atoms with E-state index in [0.29, 0.717) is 23.9 Å². The van der Waals surface area contributed by atoms with Crippen molar-refractivity contribution in [3.8, 4) is 11.3 Å². The Morgan fingerprint density at radius 1 is 1.14 bits per heavy atom. The molecule has 2 aromatic heterocycles. The molecule has 1 fully saturated rings. The standard InChI is InChI=1S/C20H22ClN5O3/c21-16-3-1-15(2-4-16)19-6-5-18(29-19)11-22-20(27)14-26-13-17(23-24-26)12-25-7-9-28-10-8-25/h1-6,13H,7-12,14H2,(H,22,27). The molecule has 3 heterocycles. The van der Waals surface area contributed by atoms with E-state index < -0.39 is 0 Å². The Labute approximate surface area is 173 Å². The van der Waals surface area contributed by atoms with Crippen molar-refractivity contribution in [2.24, 2.45) is 0 Å². The van der Waals surface area contributed by atoms with Gasteiger partial charge in [-0.15, -0.1) is 5.10 Å². The van der Waals surface area contributed by atoms with Crippen LogP contribution in [0.5, 0.6) is 0 Å². The van der Waals surface area contributed by atoms with Crippen LogP contribution in [-0.2, 0) is 29.2 Å². The Morgan fingerprint density at radius 2 is 1.93 bits per heavy atom. The number of furan rings is 1. The molecule has 0 saturated carbocycles. The number of benzene rings is 1. The molecular weight excluding hydrogens is 394 g/mol. The Morgan fingerprint density at radius 3 is 2.72 bits per heavy atom.